The van der Waals surface area contributed by atoms with E-state index in [2.05, 4.69) is 27.8 Å². The van der Waals surface area contributed by atoms with Crippen LogP contribution in [0.5, 0.6) is 0 Å². The van der Waals surface area contributed by atoms with Gasteiger partial charge in [0, 0.05) is 17.2 Å². The standard InChI is InChI=1S/C14H19BrClN/c1-2-14(6-3-4-7-14)13(15)9-11-5-8-17-10-12(11)16/h5,8,10,13H,2-4,6-7,9H2,1H3. The van der Waals surface area contributed by atoms with Crippen molar-refractivity contribution in [2.24, 2.45) is 5.41 Å². The van der Waals surface area contributed by atoms with E-state index in [-0.39, 0.29) is 0 Å². The van der Waals surface area contributed by atoms with Gasteiger partial charge in [-0.3, -0.25) is 4.98 Å². The van der Waals surface area contributed by atoms with E-state index in [9.17, 15) is 0 Å². The van der Waals surface area contributed by atoms with E-state index >= 15 is 0 Å². The van der Waals surface area contributed by atoms with Crippen LogP contribution >= 0.6 is 27.5 Å². The molecule has 0 bridgehead atoms. The molecule has 1 saturated carbocycles. The Balaban J connectivity index is 2.10. The lowest BCUT2D eigenvalue weighted by Gasteiger charge is -2.33. The monoisotopic (exact) mass is 315 g/mol. The molecule has 0 aromatic carbocycles. The average molecular weight is 317 g/mol. The van der Waals surface area contributed by atoms with Gasteiger partial charge in [-0.05, 0) is 42.7 Å². The Hall–Kier alpha value is -0.0800. The first kappa shape index (κ1) is 13.4. The normalized spacial score (nSPS) is 20.4. The summed E-state index contributed by atoms with van der Waals surface area (Å²) in [5.41, 5.74) is 1.69. The molecule has 3 heteroatoms. The number of halogens is 2. The van der Waals surface area contributed by atoms with Crippen LogP contribution in [0.2, 0.25) is 5.02 Å². The van der Waals surface area contributed by atoms with Crippen molar-refractivity contribution in [3.05, 3.63) is 29.0 Å². The van der Waals surface area contributed by atoms with Crippen molar-refractivity contribution in [1.29, 1.82) is 0 Å². The highest BCUT2D eigenvalue weighted by molar-refractivity contribution is 9.09. The largest absolute Gasteiger partial charge is 0.263 e. The lowest BCUT2D eigenvalue weighted by Crippen LogP contribution is -2.29. The molecule has 0 saturated heterocycles. The number of rotatable bonds is 4. The first-order chi connectivity index (χ1) is 8.18. The van der Waals surface area contributed by atoms with Crippen LogP contribution in [0.1, 0.15) is 44.6 Å². The summed E-state index contributed by atoms with van der Waals surface area (Å²) in [7, 11) is 0. The zero-order valence-electron chi connectivity index (χ0n) is 10.3. The number of aromatic nitrogens is 1. The molecule has 1 aromatic heterocycles. The minimum absolute atomic E-state index is 0.479. The highest BCUT2D eigenvalue weighted by Gasteiger charge is 2.38. The average Bonchev–Trinajstić information content (AvgIpc) is 2.82. The minimum Gasteiger partial charge on any atom is -0.263 e. The number of pyridine rings is 1. The summed E-state index contributed by atoms with van der Waals surface area (Å²) >= 11 is 10.1. The van der Waals surface area contributed by atoms with Crippen molar-refractivity contribution in [2.75, 3.05) is 0 Å². The lowest BCUT2D eigenvalue weighted by atomic mass is 9.78. The van der Waals surface area contributed by atoms with Gasteiger partial charge in [-0.25, -0.2) is 0 Å². The van der Waals surface area contributed by atoms with Crippen LogP contribution in [0, 0.1) is 5.41 Å². The molecule has 1 aromatic rings. The Morgan fingerprint density at radius 3 is 2.76 bits per heavy atom. The molecule has 1 aliphatic rings. The van der Waals surface area contributed by atoms with Gasteiger partial charge in [-0.1, -0.05) is 47.3 Å². The van der Waals surface area contributed by atoms with Crippen LogP contribution in [0.15, 0.2) is 18.5 Å². The van der Waals surface area contributed by atoms with Gasteiger partial charge in [0.25, 0.3) is 0 Å². The van der Waals surface area contributed by atoms with Crippen molar-refractivity contribution in [3.8, 4) is 0 Å². The van der Waals surface area contributed by atoms with Gasteiger partial charge < -0.3 is 0 Å². The molecule has 1 nitrogen and oxygen atoms in total. The van der Waals surface area contributed by atoms with Crippen LogP contribution < -0.4 is 0 Å². The maximum absolute atomic E-state index is 6.18. The van der Waals surface area contributed by atoms with Crippen LogP contribution in [0.4, 0.5) is 0 Å². The molecule has 0 aliphatic heterocycles. The van der Waals surface area contributed by atoms with Crippen molar-refractivity contribution in [1.82, 2.24) is 4.98 Å². The Bertz CT molecular complexity index is 374. The van der Waals surface area contributed by atoms with Crippen LogP contribution in [0.25, 0.3) is 0 Å². The smallest absolute Gasteiger partial charge is 0.0621 e. The highest BCUT2D eigenvalue weighted by Crippen LogP contribution is 2.47. The van der Waals surface area contributed by atoms with Crippen molar-refractivity contribution < 1.29 is 0 Å². The maximum atomic E-state index is 6.18. The fourth-order valence-corrected chi connectivity index (χ4v) is 4.27. The van der Waals surface area contributed by atoms with Crippen molar-refractivity contribution in [2.45, 2.75) is 50.3 Å². The predicted molar refractivity (Wildman–Crippen MR) is 76.9 cm³/mol. The summed E-state index contributed by atoms with van der Waals surface area (Å²) in [5.74, 6) is 0. The number of nitrogens with zero attached hydrogens (tertiary/aromatic N) is 1. The second kappa shape index (κ2) is 5.71. The Morgan fingerprint density at radius 2 is 2.18 bits per heavy atom. The second-order valence-corrected chi connectivity index (χ2v) is 6.57. The number of hydrogen-bond acceptors (Lipinski definition) is 1. The molecule has 0 amide bonds. The van der Waals surface area contributed by atoms with Gasteiger partial charge in [-0.2, -0.15) is 0 Å². The Kier molecular flexibility index (Phi) is 4.48. The van der Waals surface area contributed by atoms with Gasteiger partial charge >= 0.3 is 0 Å². The Labute approximate surface area is 117 Å². The topological polar surface area (TPSA) is 12.9 Å². The molecule has 1 heterocycles. The van der Waals surface area contributed by atoms with Gasteiger partial charge in [0.1, 0.15) is 0 Å². The molecule has 0 N–H and O–H groups in total. The fourth-order valence-electron chi connectivity index (χ4n) is 2.95. The summed E-state index contributed by atoms with van der Waals surface area (Å²) in [5, 5.41) is 0.793. The van der Waals surface area contributed by atoms with Crippen molar-refractivity contribution in [3.63, 3.8) is 0 Å². The van der Waals surface area contributed by atoms with E-state index in [1.807, 2.05) is 12.3 Å². The lowest BCUT2D eigenvalue weighted by molar-refractivity contribution is 0.275. The second-order valence-electron chi connectivity index (χ2n) is 5.06. The van der Waals surface area contributed by atoms with Gasteiger partial charge in [0.15, 0.2) is 0 Å². The van der Waals surface area contributed by atoms with Gasteiger partial charge in [0.2, 0.25) is 0 Å². The predicted octanol–water partition coefficient (Wildman–Crippen LogP) is 5.01. The summed E-state index contributed by atoms with van der Waals surface area (Å²) in [6, 6.07) is 2.04. The van der Waals surface area contributed by atoms with E-state index in [1.165, 1.54) is 37.7 Å². The van der Waals surface area contributed by atoms with E-state index in [0.717, 1.165) is 11.4 Å². The molecule has 0 radical (unpaired) electrons. The molecule has 2 rings (SSSR count). The van der Waals surface area contributed by atoms with Crippen LogP contribution in [-0.2, 0) is 6.42 Å². The third-order valence-electron chi connectivity index (χ3n) is 4.22. The van der Waals surface area contributed by atoms with Gasteiger partial charge in [-0.15, -0.1) is 0 Å². The van der Waals surface area contributed by atoms with Crippen LogP contribution in [-0.4, -0.2) is 9.81 Å². The zero-order valence-corrected chi connectivity index (χ0v) is 12.6. The van der Waals surface area contributed by atoms with Crippen molar-refractivity contribution >= 4 is 27.5 Å². The summed E-state index contributed by atoms with van der Waals surface area (Å²) in [6.07, 6.45) is 11.3. The fraction of sp³-hybridized carbons (Fsp3) is 0.643. The third kappa shape index (κ3) is 2.85. The van der Waals surface area contributed by atoms with E-state index in [4.69, 9.17) is 11.6 Å². The minimum atomic E-state index is 0.479. The SMILES string of the molecule is CCC1(C(Br)Cc2ccncc2Cl)CCCC1. The third-order valence-corrected chi connectivity index (χ3v) is 5.86. The maximum Gasteiger partial charge on any atom is 0.0621 e. The summed E-state index contributed by atoms with van der Waals surface area (Å²) in [4.78, 5) is 4.57. The molecule has 1 aliphatic carbocycles. The highest BCUT2D eigenvalue weighted by atomic mass is 79.9. The van der Waals surface area contributed by atoms with E-state index in [1.54, 1.807) is 6.20 Å². The zero-order chi connectivity index (χ0) is 12.3. The van der Waals surface area contributed by atoms with E-state index < -0.39 is 0 Å². The number of hydrogen-bond donors (Lipinski definition) is 0. The molecule has 1 unspecified atom stereocenters. The molecule has 1 atom stereocenters. The Morgan fingerprint density at radius 1 is 1.47 bits per heavy atom. The van der Waals surface area contributed by atoms with E-state index in [0.29, 0.717) is 10.2 Å². The van der Waals surface area contributed by atoms with Gasteiger partial charge in [0.05, 0.1) is 5.02 Å². The van der Waals surface area contributed by atoms with Crippen LogP contribution in [0.3, 0.4) is 0 Å². The quantitative estimate of drug-likeness (QED) is 0.711. The molecule has 94 valence electrons. The first-order valence-corrected chi connectivity index (χ1v) is 7.70. The molecular formula is C14H19BrClN. The molecule has 17 heavy (non-hydrogen) atoms. The molecular weight excluding hydrogens is 298 g/mol. The molecule has 1 fully saturated rings. The number of alkyl halides is 1. The molecule has 0 spiro atoms. The first-order valence-electron chi connectivity index (χ1n) is 6.40. The summed E-state index contributed by atoms with van der Waals surface area (Å²) < 4.78 is 0. The summed E-state index contributed by atoms with van der Waals surface area (Å²) in [6.45, 7) is 2.31.